The Morgan fingerprint density at radius 2 is 1.16 bits per heavy atom. The van der Waals surface area contributed by atoms with Crippen molar-refractivity contribution in [3.8, 4) is 0 Å². The molecule has 39 heteroatoms. The second-order valence-corrected chi connectivity index (χ2v) is 28.7. The minimum Gasteiger partial charge on any atom is -0.391 e. The summed E-state index contributed by atoms with van der Waals surface area (Å²) in [6, 6.07) is 10.1. The number of carbonyl (C=O) groups excluding carboxylic acids is 14. The number of hydrogen-bond acceptors (Lipinski definition) is 24. The van der Waals surface area contributed by atoms with E-state index in [-0.39, 0.29) is 103 Å². The number of nitrogens with zero attached hydrogens (tertiary/aromatic N) is 3. The fraction of sp³-hybridized carbons (Fsp3) is 0.474. The lowest BCUT2D eigenvalue weighted by atomic mass is 10.00. The molecular weight excluding hydrogens is 1510 g/mol. The first kappa shape index (κ1) is 92.5. The third-order valence-corrected chi connectivity index (χ3v) is 19.1. The first-order valence-corrected chi connectivity index (χ1v) is 38.7. The van der Waals surface area contributed by atoms with Crippen molar-refractivity contribution in [2.45, 2.75) is 174 Å². The fourth-order valence-corrected chi connectivity index (χ4v) is 13.0. The van der Waals surface area contributed by atoms with Crippen LogP contribution >= 0.6 is 11.8 Å². The van der Waals surface area contributed by atoms with Gasteiger partial charge in [-0.2, -0.15) is 9.78 Å². The number of nitrogens with two attached hydrogens (primary N) is 5. The van der Waals surface area contributed by atoms with Crippen LogP contribution in [0, 0.1) is 5.92 Å². The molecule has 624 valence electrons. The van der Waals surface area contributed by atoms with Gasteiger partial charge in [0.1, 0.15) is 60.4 Å². The Balaban J connectivity index is 1.14. The second kappa shape index (κ2) is 47.4. The Hall–Kier alpha value is -11.3. The molecule has 6 rings (SSSR count). The molecule has 14 amide bonds. The number of nitrogens with one attached hydrogen (secondary N) is 14. The van der Waals surface area contributed by atoms with Crippen molar-refractivity contribution >= 4 is 118 Å². The summed E-state index contributed by atoms with van der Waals surface area (Å²) in [5.74, 6) is -11.8. The van der Waals surface area contributed by atoms with Crippen molar-refractivity contribution in [1.29, 1.82) is 0 Å². The van der Waals surface area contributed by atoms with Crippen molar-refractivity contribution in [1.82, 2.24) is 89.2 Å². The largest absolute Gasteiger partial charge is 0.391 e. The lowest BCUT2D eigenvalue weighted by Gasteiger charge is -2.29. The predicted molar refractivity (Wildman–Crippen MR) is 426 cm³/mol. The lowest BCUT2D eigenvalue weighted by molar-refractivity contribution is -0.137. The van der Waals surface area contributed by atoms with E-state index in [0.717, 1.165) is 6.92 Å². The molecule has 1 aliphatic heterocycles. The Bertz CT molecular complexity index is 4190. The maximum absolute atomic E-state index is 14.7. The van der Waals surface area contributed by atoms with Crippen molar-refractivity contribution in [3.63, 3.8) is 0 Å². The van der Waals surface area contributed by atoms with E-state index in [0.29, 0.717) is 43.2 Å². The molecule has 0 saturated carbocycles. The minimum atomic E-state index is -1.85. The van der Waals surface area contributed by atoms with Crippen molar-refractivity contribution in [3.05, 3.63) is 120 Å². The van der Waals surface area contributed by atoms with Gasteiger partial charge >= 0.3 is 6.03 Å². The quantitative estimate of drug-likeness (QED) is 0.0173. The fourth-order valence-electron chi connectivity index (χ4n) is 12.0. The Morgan fingerprint density at radius 3 is 1.76 bits per heavy atom. The molecule has 3 heterocycles. The van der Waals surface area contributed by atoms with Crippen LogP contribution in [-0.4, -0.2) is 240 Å². The second-order valence-electron chi connectivity index (χ2n) is 27.6. The van der Waals surface area contributed by atoms with Crippen LogP contribution < -0.4 is 103 Å². The van der Waals surface area contributed by atoms with Gasteiger partial charge in [-0.3, -0.25) is 67.3 Å². The maximum Gasteiger partial charge on any atom is 0.342 e. The molecule has 1 aliphatic rings. The van der Waals surface area contributed by atoms with E-state index < -0.39 is 175 Å². The first-order valence-electron chi connectivity index (χ1n) is 37.9. The van der Waals surface area contributed by atoms with Crippen molar-refractivity contribution in [2.24, 2.45) is 34.6 Å². The van der Waals surface area contributed by atoms with Gasteiger partial charge < -0.3 is 113 Å². The molecule has 0 radical (unpaired) electrons. The number of carbonyl (C=O) groups is 14. The van der Waals surface area contributed by atoms with Crippen LogP contribution in [0.3, 0.4) is 0 Å². The average molecular weight is 1620 g/mol. The van der Waals surface area contributed by atoms with E-state index in [4.69, 9.17) is 28.7 Å². The van der Waals surface area contributed by atoms with E-state index in [1.54, 1.807) is 105 Å². The zero-order chi connectivity index (χ0) is 84.3. The lowest BCUT2D eigenvalue weighted by Crippen LogP contribution is -2.62. The van der Waals surface area contributed by atoms with Crippen LogP contribution in [0.4, 0.5) is 4.79 Å². The molecule has 1 fully saturated rings. The number of aliphatic hydroxyl groups excluding tert-OH is 2. The van der Waals surface area contributed by atoms with Crippen LogP contribution in [0.25, 0.3) is 23.1 Å². The zero-order valence-electron chi connectivity index (χ0n) is 64.9. The topological polar surface area (TPSA) is 609 Å². The smallest absolute Gasteiger partial charge is 0.342 e. The maximum atomic E-state index is 14.7. The highest BCUT2D eigenvalue weighted by Crippen LogP contribution is 2.34. The molecule has 0 spiro atoms. The van der Waals surface area contributed by atoms with Crippen LogP contribution in [0.1, 0.15) is 113 Å². The molecule has 3 aromatic carbocycles. The molecule has 0 aliphatic carbocycles. The highest BCUT2D eigenvalue weighted by Gasteiger charge is 2.38. The van der Waals surface area contributed by atoms with Crippen LogP contribution in [-0.2, 0) is 64.0 Å². The normalized spacial score (nSPS) is 19.6. The zero-order valence-corrected chi connectivity index (χ0v) is 65.7. The summed E-state index contributed by atoms with van der Waals surface area (Å²) in [7, 11) is 1.53. The third-order valence-electron chi connectivity index (χ3n) is 18.1. The number of pyridine rings is 1. The summed E-state index contributed by atoms with van der Waals surface area (Å²) < 4.78 is 1.18. The molecule has 38 nitrogen and oxygen atoms in total. The summed E-state index contributed by atoms with van der Waals surface area (Å²) in [5.41, 5.74) is 32.1. The number of aliphatic hydroxyl groups is 2. The van der Waals surface area contributed by atoms with Crippen LogP contribution in [0.15, 0.2) is 107 Å². The predicted octanol–water partition coefficient (Wildman–Crippen LogP) is -4.27. The van der Waals surface area contributed by atoms with Gasteiger partial charge in [-0.15, -0.1) is 0 Å². The van der Waals surface area contributed by atoms with Gasteiger partial charge in [-0.1, -0.05) is 74.1 Å². The molecule has 115 heavy (non-hydrogen) atoms. The van der Waals surface area contributed by atoms with Crippen LogP contribution in [0.5, 0.6) is 0 Å². The van der Waals surface area contributed by atoms with Gasteiger partial charge in [-0.25, -0.2) is 4.79 Å². The van der Waals surface area contributed by atoms with E-state index in [1.807, 2.05) is 18.2 Å². The van der Waals surface area contributed by atoms with Gasteiger partial charge in [-0.05, 0) is 158 Å². The number of aromatic nitrogens is 3. The van der Waals surface area contributed by atoms with E-state index in [2.05, 4.69) is 84.5 Å². The minimum absolute atomic E-state index is 0.0153. The van der Waals surface area contributed by atoms with Gasteiger partial charge in [0.25, 0.3) is 5.91 Å². The Kier molecular flexibility index (Phi) is 38.1. The third kappa shape index (κ3) is 29.2. The highest BCUT2D eigenvalue weighted by atomic mass is 32.2. The summed E-state index contributed by atoms with van der Waals surface area (Å²) in [5, 5.41) is 62.9. The molecule has 2 aromatic heterocycles. The van der Waals surface area contributed by atoms with Gasteiger partial charge in [0.2, 0.25) is 70.9 Å². The molecule has 0 unspecified atom stereocenters. The number of fused-ring (bicyclic) bond motifs is 1. The molecule has 0 bridgehead atoms. The van der Waals surface area contributed by atoms with Gasteiger partial charge in [0.05, 0.1) is 34.7 Å². The van der Waals surface area contributed by atoms with E-state index >= 15 is 0 Å². The van der Waals surface area contributed by atoms with Gasteiger partial charge in [0.15, 0.2) is 0 Å². The summed E-state index contributed by atoms with van der Waals surface area (Å²) in [4.78, 5) is 201. The Labute approximate surface area is 669 Å². The highest BCUT2D eigenvalue weighted by molar-refractivity contribution is 7.99. The molecule has 26 N–H and O–H groups in total. The Morgan fingerprint density at radius 1 is 0.591 bits per heavy atom. The van der Waals surface area contributed by atoms with Crippen molar-refractivity contribution < 1.29 is 77.3 Å². The molecule has 1 saturated heterocycles. The van der Waals surface area contributed by atoms with Gasteiger partial charge in [0, 0.05) is 67.3 Å². The number of benzene rings is 3. The molecular formula is C76H108N22O16S. The SMILES string of the molecule is CNC(=O)c1ccccc1Sc1ccc2c(/C=C/c3ccccn3)nn(C(=O)NCCNC(=O)CCC(=O)N[C@@H](CCN)C(=O)N[C@H](C(=O)N[C@@H](CCN)C(=O)N[C@H]3CCNC(=O)[C@H]([C@@H](C)O)NC(=O)[C@H](CCN)NC(=O)[C@H](CCN)NC(=O)[C@H](CC(C)C)NC(=O)[C@@H](Cc4ccccc4)NC(=O)[C@H](CCN)NC3=O)[C@@H](C)O)c2c1. The summed E-state index contributed by atoms with van der Waals surface area (Å²) in [6.45, 7) is 4.12. The standard InChI is InChI=1S/C76H108N22O16S/c1-42(2)39-57-72(110)90-52(25-31-78)66(104)89-55(28-34-81)71(109)95-63(43(3)99)74(112)85-36-29-56(69(107)88-53(26-32-79)68(106)94-58(73(111)93-57)40-45-13-7-6-8-14-45)91-67(105)54(27-33-80)92-75(113)64(44(4)100)96-70(108)51(24-30-77)87-62(102)23-22-61(101)84-37-38-86-76(114)98-59-41-47(115-60-17-10-9-16-49(60)65(103)82-5)19-20-48(59)50(97-98)21-18-46-15-11-12-35-83-46/h6-21,35,41-44,51-58,63-64,99-100H,22-34,36-40,77-81H2,1-5H3,(H,82,103)(H,84,101)(H,85,112)(H,86,114)(H,87,102)(H,88,107)(H,89,104)(H,90,110)(H,91,105)(H,92,113)(H,93,111)(H,94,106)(H,95,109)(H,96,108)/b21-18+/t43-,44-,51+,52+,53+,54+,55+,56+,57+,58-,63+,64+/m1/s1. The van der Waals surface area contributed by atoms with Crippen molar-refractivity contribution in [2.75, 3.05) is 59.4 Å². The summed E-state index contributed by atoms with van der Waals surface area (Å²) >= 11 is 1.32. The monoisotopic (exact) mass is 1620 g/mol. The number of amides is 14. The van der Waals surface area contributed by atoms with E-state index in [9.17, 15) is 77.3 Å². The average Bonchev–Trinajstić information content (AvgIpc) is 1.63. The summed E-state index contributed by atoms with van der Waals surface area (Å²) in [6.07, 6.45) is -0.931. The van der Waals surface area contributed by atoms with Crippen LogP contribution in [0.2, 0.25) is 0 Å². The first-order chi connectivity index (χ1) is 55.0. The van der Waals surface area contributed by atoms with E-state index in [1.165, 1.54) is 30.4 Å². The number of rotatable bonds is 34. The molecule has 12 atom stereocenters. The molecule has 5 aromatic rings. The number of hydrogen-bond donors (Lipinski definition) is 21.